The highest BCUT2D eigenvalue weighted by Crippen LogP contribution is 2.20. The number of aldehydes is 1. The molecule has 18 heavy (non-hydrogen) atoms. The van der Waals surface area contributed by atoms with E-state index < -0.39 is 0 Å². The lowest BCUT2D eigenvalue weighted by molar-refractivity contribution is -0.131. The van der Waals surface area contributed by atoms with Crippen molar-refractivity contribution < 1.29 is 9.59 Å². The fourth-order valence-corrected chi connectivity index (χ4v) is 2.63. The van der Waals surface area contributed by atoms with Crippen molar-refractivity contribution in [2.45, 2.75) is 25.3 Å². The van der Waals surface area contributed by atoms with Crippen LogP contribution in [0.4, 0.5) is 0 Å². The Bertz CT molecular complexity index is 422. The van der Waals surface area contributed by atoms with Gasteiger partial charge in [0.1, 0.15) is 0 Å². The van der Waals surface area contributed by atoms with Crippen molar-refractivity contribution in [2.24, 2.45) is 5.92 Å². The Morgan fingerprint density at radius 2 is 2.06 bits per heavy atom. The highest BCUT2D eigenvalue weighted by molar-refractivity contribution is 9.10. The normalized spacial score (nSPS) is 23.6. The van der Waals surface area contributed by atoms with Crippen LogP contribution in [0.1, 0.15) is 18.4 Å². The maximum absolute atomic E-state index is 11.2. The van der Waals surface area contributed by atoms with Gasteiger partial charge in [-0.25, -0.2) is 0 Å². The number of carbonyl (C=O) groups excluding carboxylic acids is 2. The first-order valence-electron chi connectivity index (χ1n) is 6.16. The Hall–Kier alpha value is -1.00. The maximum atomic E-state index is 11.2. The number of nitrogens with one attached hydrogen (secondary N) is 1. The van der Waals surface area contributed by atoms with Gasteiger partial charge in [-0.2, -0.15) is 0 Å². The second-order valence-corrected chi connectivity index (χ2v) is 5.67. The summed E-state index contributed by atoms with van der Waals surface area (Å²) < 4.78 is 1.09. The van der Waals surface area contributed by atoms with Crippen LogP contribution >= 0.6 is 15.9 Å². The lowest BCUT2D eigenvalue weighted by Gasteiger charge is -2.28. The monoisotopic (exact) mass is 309 g/mol. The van der Waals surface area contributed by atoms with Crippen LogP contribution in [-0.2, 0) is 16.0 Å². The van der Waals surface area contributed by atoms with Crippen LogP contribution in [-0.4, -0.2) is 24.7 Å². The SMILES string of the molecule is O=CC(=O)C1CCC(Cc2ccc(Br)cc2)CN1. The van der Waals surface area contributed by atoms with Crippen LogP contribution in [0.15, 0.2) is 28.7 Å². The molecular formula is C14H16BrNO2. The maximum Gasteiger partial charge on any atom is 0.211 e. The smallest absolute Gasteiger partial charge is 0.211 e. The van der Waals surface area contributed by atoms with Crippen molar-refractivity contribution in [3.05, 3.63) is 34.3 Å². The topological polar surface area (TPSA) is 46.2 Å². The summed E-state index contributed by atoms with van der Waals surface area (Å²) in [7, 11) is 0. The van der Waals surface area contributed by atoms with Crippen LogP contribution in [0.25, 0.3) is 0 Å². The zero-order valence-corrected chi connectivity index (χ0v) is 11.7. The van der Waals surface area contributed by atoms with E-state index >= 15 is 0 Å². The molecule has 2 rings (SSSR count). The molecule has 4 heteroatoms. The molecule has 1 heterocycles. The highest BCUT2D eigenvalue weighted by atomic mass is 79.9. The second-order valence-electron chi connectivity index (χ2n) is 4.76. The van der Waals surface area contributed by atoms with E-state index in [1.807, 2.05) is 12.1 Å². The molecule has 1 aromatic rings. The van der Waals surface area contributed by atoms with E-state index in [1.165, 1.54) is 5.56 Å². The molecule has 1 aromatic carbocycles. The quantitative estimate of drug-likeness (QED) is 0.684. The van der Waals surface area contributed by atoms with E-state index in [0.717, 1.165) is 30.3 Å². The van der Waals surface area contributed by atoms with Crippen LogP contribution in [0, 0.1) is 5.92 Å². The Balaban J connectivity index is 1.85. The molecule has 0 bridgehead atoms. The van der Waals surface area contributed by atoms with Crippen molar-refractivity contribution in [2.75, 3.05) is 6.54 Å². The number of hydrogen-bond acceptors (Lipinski definition) is 3. The van der Waals surface area contributed by atoms with Gasteiger partial charge < -0.3 is 5.32 Å². The summed E-state index contributed by atoms with van der Waals surface area (Å²) in [5.74, 6) is 0.221. The second kappa shape index (κ2) is 6.25. The Kier molecular flexibility index (Phi) is 4.66. The minimum absolute atomic E-state index is 0.260. The van der Waals surface area contributed by atoms with Crippen LogP contribution in [0.3, 0.4) is 0 Å². The molecule has 0 saturated carbocycles. The van der Waals surface area contributed by atoms with Crippen molar-refractivity contribution in [3.8, 4) is 0 Å². The van der Waals surface area contributed by atoms with Crippen LogP contribution in [0.2, 0.25) is 0 Å². The van der Waals surface area contributed by atoms with E-state index in [4.69, 9.17) is 0 Å². The molecule has 96 valence electrons. The van der Waals surface area contributed by atoms with Crippen LogP contribution < -0.4 is 5.32 Å². The molecule has 0 radical (unpaired) electrons. The summed E-state index contributed by atoms with van der Waals surface area (Å²) in [5.41, 5.74) is 1.31. The zero-order valence-electron chi connectivity index (χ0n) is 10.1. The molecule has 1 saturated heterocycles. The molecule has 2 atom stereocenters. The van der Waals surface area contributed by atoms with E-state index in [0.29, 0.717) is 12.2 Å². The number of benzene rings is 1. The first-order valence-corrected chi connectivity index (χ1v) is 6.95. The first-order chi connectivity index (χ1) is 8.69. The van der Waals surface area contributed by atoms with Gasteiger partial charge >= 0.3 is 0 Å². The summed E-state index contributed by atoms with van der Waals surface area (Å²) in [6, 6.07) is 8.07. The highest BCUT2D eigenvalue weighted by Gasteiger charge is 2.25. The Morgan fingerprint density at radius 3 is 2.61 bits per heavy atom. The molecule has 0 aromatic heterocycles. The number of hydrogen-bond donors (Lipinski definition) is 1. The summed E-state index contributed by atoms with van der Waals surface area (Å²) >= 11 is 3.42. The molecule has 1 aliphatic rings. The van der Waals surface area contributed by atoms with Gasteiger partial charge in [0.05, 0.1) is 6.04 Å². The summed E-state index contributed by atoms with van der Waals surface area (Å²) in [5, 5.41) is 3.16. The van der Waals surface area contributed by atoms with Crippen molar-refractivity contribution in [1.82, 2.24) is 5.32 Å². The van der Waals surface area contributed by atoms with E-state index in [1.54, 1.807) is 0 Å². The summed E-state index contributed by atoms with van der Waals surface area (Å²) in [6.45, 7) is 0.806. The third kappa shape index (κ3) is 3.50. The van der Waals surface area contributed by atoms with Gasteiger partial charge in [-0.15, -0.1) is 0 Å². The van der Waals surface area contributed by atoms with E-state index in [-0.39, 0.29) is 11.8 Å². The van der Waals surface area contributed by atoms with E-state index in [9.17, 15) is 9.59 Å². The average Bonchev–Trinajstić information content (AvgIpc) is 2.41. The molecular weight excluding hydrogens is 294 g/mol. The standard InChI is InChI=1S/C14H16BrNO2/c15-12-4-1-10(2-5-12)7-11-3-6-13(16-8-11)14(18)9-17/h1-2,4-5,9,11,13,16H,3,6-8H2. The minimum Gasteiger partial charge on any atom is -0.307 e. The lowest BCUT2D eigenvalue weighted by Crippen LogP contribution is -2.44. The predicted molar refractivity (Wildman–Crippen MR) is 73.4 cm³/mol. The number of Topliss-reactive ketones (excluding diaryl/α,β-unsaturated/α-hetero) is 1. The molecule has 3 nitrogen and oxygen atoms in total. The van der Waals surface area contributed by atoms with Gasteiger partial charge in [-0.3, -0.25) is 9.59 Å². The Morgan fingerprint density at radius 1 is 1.33 bits per heavy atom. The van der Waals surface area contributed by atoms with Gasteiger partial charge in [0, 0.05) is 4.47 Å². The fraction of sp³-hybridized carbons (Fsp3) is 0.429. The van der Waals surface area contributed by atoms with Gasteiger partial charge in [0.2, 0.25) is 5.78 Å². The predicted octanol–water partition coefficient (Wildman–Crippen LogP) is 2.13. The van der Waals surface area contributed by atoms with Crippen molar-refractivity contribution in [1.29, 1.82) is 0 Å². The molecule has 0 amide bonds. The fourth-order valence-electron chi connectivity index (χ4n) is 2.37. The molecule has 1 N–H and O–H groups in total. The molecule has 0 spiro atoms. The summed E-state index contributed by atoms with van der Waals surface area (Å²) in [4.78, 5) is 21.6. The molecule has 2 unspecified atom stereocenters. The molecule has 1 fully saturated rings. The van der Waals surface area contributed by atoms with Crippen LogP contribution in [0.5, 0.6) is 0 Å². The third-order valence-electron chi connectivity index (χ3n) is 3.41. The lowest BCUT2D eigenvalue weighted by atomic mass is 9.88. The minimum atomic E-state index is -0.322. The number of ketones is 1. The number of carbonyl (C=O) groups is 2. The van der Waals surface area contributed by atoms with E-state index in [2.05, 4.69) is 33.4 Å². The number of halogens is 1. The first kappa shape index (κ1) is 13.4. The molecule has 1 aliphatic heterocycles. The molecule has 0 aliphatic carbocycles. The van der Waals surface area contributed by atoms with Crippen molar-refractivity contribution >= 4 is 28.0 Å². The van der Waals surface area contributed by atoms with Gasteiger partial charge in [0.15, 0.2) is 6.29 Å². The van der Waals surface area contributed by atoms with Gasteiger partial charge in [-0.1, -0.05) is 28.1 Å². The number of piperidine rings is 1. The van der Waals surface area contributed by atoms with Crippen molar-refractivity contribution in [3.63, 3.8) is 0 Å². The third-order valence-corrected chi connectivity index (χ3v) is 3.94. The van der Waals surface area contributed by atoms with Gasteiger partial charge in [0.25, 0.3) is 0 Å². The largest absolute Gasteiger partial charge is 0.307 e. The summed E-state index contributed by atoms with van der Waals surface area (Å²) in [6.07, 6.45) is 3.20. The average molecular weight is 310 g/mol. The zero-order chi connectivity index (χ0) is 13.0. The number of rotatable bonds is 4. The Labute approximate surface area is 115 Å². The van der Waals surface area contributed by atoms with Gasteiger partial charge in [-0.05, 0) is 49.4 Å².